The van der Waals surface area contributed by atoms with Crippen LogP contribution in [-0.2, 0) is 11.3 Å². The first-order valence-electron chi connectivity index (χ1n) is 9.80. The average Bonchev–Trinajstić information content (AvgIpc) is 2.79. The van der Waals surface area contributed by atoms with E-state index in [2.05, 4.69) is 0 Å². The molecule has 3 aromatic rings. The fourth-order valence-corrected chi connectivity index (χ4v) is 3.58. The number of para-hydroxylation sites is 1. The second kappa shape index (κ2) is 10.6. The number of benzene rings is 2. The summed E-state index contributed by atoms with van der Waals surface area (Å²) < 4.78 is 28.6. The quantitative estimate of drug-likeness (QED) is 0.307. The number of hydrogen-bond acceptors (Lipinski definition) is 6. The third-order valence-electron chi connectivity index (χ3n) is 4.81. The number of nitrogens with zero attached hydrogens (tertiary/aromatic N) is 1. The van der Waals surface area contributed by atoms with Gasteiger partial charge in [-0.1, -0.05) is 35.3 Å². The van der Waals surface area contributed by atoms with E-state index in [1.54, 1.807) is 0 Å². The van der Waals surface area contributed by atoms with Gasteiger partial charge in [0.05, 0.1) is 6.54 Å². The van der Waals surface area contributed by atoms with Crippen molar-refractivity contribution in [2.75, 3.05) is 11.9 Å². The monoisotopic (exact) mass is 541 g/mol. The molecule has 0 saturated heterocycles. The number of carbonyl (C=O) groups excluding carboxylic acids is 2. The van der Waals surface area contributed by atoms with Crippen LogP contribution in [0.1, 0.15) is 26.3 Å². The Kier molecular flexibility index (Phi) is 7.80. The fourth-order valence-electron chi connectivity index (χ4n) is 3.12. The van der Waals surface area contributed by atoms with Crippen LogP contribution in [0.15, 0.2) is 41.2 Å². The molecule has 0 saturated carbocycles. The Morgan fingerprint density at radius 1 is 0.972 bits per heavy atom. The number of aromatic hydroxyl groups is 2. The van der Waals surface area contributed by atoms with Gasteiger partial charge in [0.2, 0.25) is 5.88 Å². The summed E-state index contributed by atoms with van der Waals surface area (Å²) in [6.07, 6.45) is 0. The van der Waals surface area contributed by atoms with Gasteiger partial charge in [-0.15, -0.1) is 0 Å². The Labute approximate surface area is 210 Å². The molecular formula is C22H15Cl2F2N3O7. The largest absolute Gasteiger partial charge is 0.506 e. The molecule has 0 aliphatic carbocycles. The molecule has 188 valence electrons. The predicted octanol–water partition coefficient (Wildman–Crippen LogP) is 2.96. The molecule has 14 heteroatoms. The van der Waals surface area contributed by atoms with Crippen molar-refractivity contribution in [1.29, 1.82) is 0 Å². The lowest BCUT2D eigenvalue weighted by Gasteiger charge is -2.17. The Hall–Kier alpha value is -4.16. The van der Waals surface area contributed by atoms with Gasteiger partial charge in [0, 0.05) is 10.0 Å². The summed E-state index contributed by atoms with van der Waals surface area (Å²) in [5.41, 5.74) is -4.33. The molecule has 0 bridgehead atoms. The highest BCUT2D eigenvalue weighted by Gasteiger charge is 2.31. The van der Waals surface area contributed by atoms with Crippen molar-refractivity contribution in [2.24, 2.45) is 0 Å². The zero-order valence-corrected chi connectivity index (χ0v) is 19.3. The van der Waals surface area contributed by atoms with E-state index >= 15 is 0 Å². The summed E-state index contributed by atoms with van der Waals surface area (Å²) in [7, 11) is 0. The van der Waals surface area contributed by atoms with Crippen LogP contribution in [0, 0.1) is 11.6 Å². The lowest BCUT2D eigenvalue weighted by atomic mass is 10.1. The predicted molar refractivity (Wildman–Crippen MR) is 124 cm³/mol. The normalized spacial score (nSPS) is 10.7. The van der Waals surface area contributed by atoms with E-state index in [1.807, 2.05) is 10.6 Å². The Morgan fingerprint density at radius 3 is 2.19 bits per heavy atom. The Morgan fingerprint density at radius 2 is 1.61 bits per heavy atom. The molecule has 0 spiro atoms. The van der Waals surface area contributed by atoms with Crippen molar-refractivity contribution in [3.8, 4) is 11.6 Å². The number of halogens is 4. The molecule has 1 aromatic heterocycles. The van der Waals surface area contributed by atoms with Crippen LogP contribution in [0.25, 0.3) is 0 Å². The fraction of sp³-hybridized carbons (Fsp3) is 0.0909. The SMILES string of the molecule is O=C(O)CNC(=O)c1c(O)c(C(=O)Nc2c(F)cccc2F)c(=O)n(Cc2ccc(Cl)cc2Cl)c1O. The van der Waals surface area contributed by atoms with E-state index in [1.165, 1.54) is 18.2 Å². The van der Waals surface area contributed by atoms with Gasteiger partial charge in [0.25, 0.3) is 17.4 Å². The summed E-state index contributed by atoms with van der Waals surface area (Å²) in [5.74, 6) is -9.26. The van der Waals surface area contributed by atoms with Crippen molar-refractivity contribution in [2.45, 2.75) is 6.54 Å². The van der Waals surface area contributed by atoms with Gasteiger partial charge < -0.3 is 26.0 Å². The first kappa shape index (κ1) is 26.4. The maximum Gasteiger partial charge on any atom is 0.322 e. The second-order valence-corrected chi connectivity index (χ2v) is 8.02. The molecule has 0 atom stereocenters. The molecule has 36 heavy (non-hydrogen) atoms. The number of nitrogens with one attached hydrogen (secondary N) is 2. The third-order valence-corrected chi connectivity index (χ3v) is 5.40. The minimum Gasteiger partial charge on any atom is -0.506 e. The standard InChI is InChI=1S/C22H15Cl2F2N3O7/c23-10-5-4-9(11(24)6-10)8-29-21(35)15(19(33)27-7-14(30)31)18(32)16(22(29)36)20(34)28-17-12(25)2-1-3-13(17)26/h1-6,32,35H,7-8H2,(H,27,33)(H,28,34)(H,30,31). The smallest absolute Gasteiger partial charge is 0.322 e. The number of anilines is 1. The highest BCUT2D eigenvalue weighted by molar-refractivity contribution is 6.35. The minimum atomic E-state index is -1.52. The molecule has 2 aromatic carbocycles. The molecule has 2 amide bonds. The van der Waals surface area contributed by atoms with Crippen LogP contribution in [0.3, 0.4) is 0 Å². The number of hydrogen-bond donors (Lipinski definition) is 5. The van der Waals surface area contributed by atoms with E-state index in [9.17, 15) is 38.2 Å². The summed E-state index contributed by atoms with van der Waals surface area (Å²) >= 11 is 12.0. The number of amides is 2. The lowest BCUT2D eigenvalue weighted by molar-refractivity contribution is -0.135. The molecule has 10 nitrogen and oxygen atoms in total. The van der Waals surface area contributed by atoms with Crippen molar-refractivity contribution < 1.29 is 38.5 Å². The number of aliphatic carboxylic acids is 1. The lowest BCUT2D eigenvalue weighted by Crippen LogP contribution is -2.35. The maximum atomic E-state index is 14.0. The summed E-state index contributed by atoms with van der Waals surface area (Å²) in [5, 5.41) is 34.0. The second-order valence-electron chi connectivity index (χ2n) is 7.18. The summed E-state index contributed by atoms with van der Waals surface area (Å²) in [6, 6.07) is 6.76. The number of carboxylic acid groups (broad SMARTS) is 1. The van der Waals surface area contributed by atoms with Gasteiger partial charge in [0.1, 0.15) is 35.0 Å². The summed E-state index contributed by atoms with van der Waals surface area (Å²) in [6.45, 7) is -1.49. The van der Waals surface area contributed by atoms with Crippen molar-refractivity contribution in [1.82, 2.24) is 9.88 Å². The molecule has 0 unspecified atom stereocenters. The first-order valence-corrected chi connectivity index (χ1v) is 10.6. The van der Waals surface area contributed by atoms with Crippen LogP contribution < -0.4 is 16.2 Å². The van der Waals surface area contributed by atoms with E-state index in [0.717, 1.165) is 18.2 Å². The van der Waals surface area contributed by atoms with Gasteiger partial charge in [-0.2, -0.15) is 0 Å². The topological polar surface area (TPSA) is 158 Å². The van der Waals surface area contributed by atoms with Crippen LogP contribution in [0.4, 0.5) is 14.5 Å². The average molecular weight is 542 g/mol. The highest BCUT2D eigenvalue weighted by Crippen LogP contribution is 2.31. The van der Waals surface area contributed by atoms with Crippen LogP contribution in [0.5, 0.6) is 11.6 Å². The minimum absolute atomic E-state index is 0.0400. The third kappa shape index (κ3) is 5.39. The zero-order chi connectivity index (χ0) is 26.7. The molecule has 3 rings (SSSR count). The molecule has 0 aliphatic rings. The molecule has 0 radical (unpaired) electrons. The van der Waals surface area contributed by atoms with Crippen molar-refractivity contribution in [3.05, 3.63) is 85.1 Å². The van der Waals surface area contributed by atoms with E-state index in [4.69, 9.17) is 28.3 Å². The maximum absolute atomic E-state index is 14.0. The number of carbonyl (C=O) groups is 3. The molecule has 0 fully saturated rings. The van der Waals surface area contributed by atoms with E-state index < -0.39 is 76.5 Å². The van der Waals surface area contributed by atoms with Gasteiger partial charge in [-0.05, 0) is 29.8 Å². The van der Waals surface area contributed by atoms with E-state index in [-0.39, 0.29) is 15.6 Å². The first-order chi connectivity index (χ1) is 16.9. The molecule has 5 N–H and O–H groups in total. The molecule has 1 heterocycles. The number of carboxylic acids is 1. The number of aromatic nitrogens is 1. The molecular weight excluding hydrogens is 527 g/mol. The molecule has 0 aliphatic heterocycles. The van der Waals surface area contributed by atoms with Gasteiger partial charge in [0.15, 0.2) is 5.75 Å². The van der Waals surface area contributed by atoms with E-state index in [0.29, 0.717) is 4.57 Å². The zero-order valence-electron chi connectivity index (χ0n) is 17.8. The van der Waals surface area contributed by atoms with Gasteiger partial charge in [-0.3, -0.25) is 23.7 Å². The Balaban J connectivity index is 2.20. The summed E-state index contributed by atoms with van der Waals surface area (Å²) in [4.78, 5) is 49.4. The number of rotatable bonds is 7. The number of pyridine rings is 1. The van der Waals surface area contributed by atoms with Gasteiger partial charge >= 0.3 is 5.97 Å². The van der Waals surface area contributed by atoms with Crippen LogP contribution >= 0.6 is 23.2 Å². The Bertz CT molecular complexity index is 1440. The van der Waals surface area contributed by atoms with Gasteiger partial charge in [-0.25, -0.2) is 8.78 Å². The van der Waals surface area contributed by atoms with Crippen molar-refractivity contribution >= 4 is 46.7 Å². The van der Waals surface area contributed by atoms with Crippen LogP contribution in [0.2, 0.25) is 10.0 Å². The van der Waals surface area contributed by atoms with Crippen molar-refractivity contribution in [3.63, 3.8) is 0 Å². The van der Waals surface area contributed by atoms with Crippen LogP contribution in [-0.4, -0.2) is 44.2 Å². The highest BCUT2D eigenvalue weighted by atomic mass is 35.5.